The molecule has 0 saturated heterocycles. The minimum Gasteiger partial charge on any atom is -0.313 e. The van der Waals surface area contributed by atoms with Crippen LogP contribution in [0.25, 0.3) is 0 Å². The van der Waals surface area contributed by atoms with Crippen LogP contribution in [-0.2, 0) is 0 Å². The van der Waals surface area contributed by atoms with Crippen LogP contribution in [0.3, 0.4) is 0 Å². The van der Waals surface area contributed by atoms with E-state index in [0.29, 0.717) is 6.04 Å². The quantitative estimate of drug-likeness (QED) is 0.492. The fourth-order valence-corrected chi connectivity index (χ4v) is 1.06. The summed E-state index contributed by atoms with van der Waals surface area (Å²) < 4.78 is 0. The SMILES string of the molecule is CC#CCCNC(C)CCN(C)C. The fraction of sp³-hybridized carbons (Fsp3) is 0.818. The van der Waals surface area contributed by atoms with Gasteiger partial charge in [-0.15, -0.1) is 11.8 Å². The first-order chi connectivity index (χ1) is 6.16. The topological polar surface area (TPSA) is 15.3 Å². The molecule has 0 saturated carbocycles. The summed E-state index contributed by atoms with van der Waals surface area (Å²) in [6, 6.07) is 0.598. The first-order valence-electron chi connectivity index (χ1n) is 4.94. The average molecular weight is 182 g/mol. The van der Waals surface area contributed by atoms with Crippen molar-refractivity contribution in [3.63, 3.8) is 0 Å². The zero-order valence-electron chi connectivity index (χ0n) is 9.35. The number of rotatable bonds is 6. The van der Waals surface area contributed by atoms with Gasteiger partial charge in [0.1, 0.15) is 0 Å². The van der Waals surface area contributed by atoms with E-state index in [0.717, 1.165) is 19.5 Å². The van der Waals surface area contributed by atoms with Crippen LogP contribution < -0.4 is 5.32 Å². The Hall–Kier alpha value is -0.520. The van der Waals surface area contributed by atoms with Gasteiger partial charge in [0, 0.05) is 19.0 Å². The zero-order valence-corrected chi connectivity index (χ0v) is 9.35. The highest BCUT2D eigenvalue weighted by molar-refractivity contribution is 4.95. The molecule has 13 heavy (non-hydrogen) atoms. The van der Waals surface area contributed by atoms with Crippen molar-refractivity contribution in [1.82, 2.24) is 10.2 Å². The maximum absolute atomic E-state index is 3.44. The summed E-state index contributed by atoms with van der Waals surface area (Å²) in [6.07, 6.45) is 2.16. The molecule has 0 aromatic heterocycles. The van der Waals surface area contributed by atoms with Crippen molar-refractivity contribution in [2.75, 3.05) is 27.2 Å². The zero-order chi connectivity index (χ0) is 10.1. The van der Waals surface area contributed by atoms with Crippen LogP contribution in [0, 0.1) is 11.8 Å². The largest absolute Gasteiger partial charge is 0.313 e. The van der Waals surface area contributed by atoms with E-state index in [2.05, 4.69) is 43.1 Å². The van der Waals surface area contributed by atoms with E-state index in [1.807, 2.05) is 6.92 Å². The molecule has 0 aliphatic rings. The van der Waals surface area contributed by atoms with E-state index in [1.54, 1.807) is 0 Å². The van der Waals surface area contributed by atoms with E-state index in [9.17, 15) is 0 Å². The summed E-state index contributed by atoms with van der Waals surface area (Å²) in [6.45, 7) is 6.27. The molecule has 0 fully saturated rings. The van der Waals surface area contributed by atoms with E-state index >= 15 is 0 Å². The lowest BCUT2D eigenvalue weighted by atomic mass is 10.2. The van der Waals surface area contributed by atoms with Gasteiger partial charge in [0.25, 0.3) is 0 Å². The molecule has 76 valence electrons. The highest BCUT2D eigenvalue weighted by atomic mass is 15.1. The van der Waals surface area contributed by atoms with Crippen molar-refractivity contribution in [2.45, 2.75) is 32.7 Å². The lowest BCUT2D eigenvalue weighted by Crippen LogP contribution is -2.30. The van der Waals surface area contributed by atoms with Crippen LogP contribution in [0.5, 0.6) is 0 Å². The van der Waals surface area contributed by atoms with Gasteiger partial charge >= 0.3 is 0 Å². The van der Waals surface area contributed by atoms with Gasteiger partial charge in [-0.2, -0.15) is 0 Å². The summed E-state index contributed by atoms with van der Waals surface area (Å²) in [5.41, 5.74) is 0. The summed E-state index contributed by atoms with van der Waals surface area (Å²) >= 11 is 0. The van der Waals surface area contributed by atoms with Gasteiger partial charge in [0.05, 0.1) is 0 Å². The lowest BCUT2D eigenvalue weighted by molar-refractivity contribution is 0.367. The smallest absolute Gasteiger partial charge is 0.0214 e. The third kappa shape index (κ3) is 9.39. The van der Waals surface area contributed by atoms with Crippen molar-refractivity contribution < 1.29 is 0 Å². The van der Waals surface area contributed by atoms with Gasteiger partial charge in [0.15, 0.2) is 0 Å². The first-order valence-corrected chi connectivity index (χ1v) is 4.94. The van der Waals surface area contributed by atoms with Crippen molar-refractivity contribution in [1.29, 1.82) is 0 Å². The van der Waals surface area contributed by atoms with Crippen LogP contribution in [0.4, 0.5) is 0 Å². The van der Waals surface area contributed by atoms with Crippen LogP contribution in [0.1, 0.15) is 26.7 Å². The molecule has 1 N–H and O–H groups in total. The molecule has 0 rings (SSSR count). The van der Waals surface area contributed by atoms with E-state index in [-0.39, 0.29) is 0 Å². The maximum atomic E-state index is 3.44. The van der Waals surface area contributed by atoms with Crippen LogP contribution in [-0.4, -0.2) is 38.1 Å². The minimum atomic E-state index is 0.598. The normalized spacial score (nSPS) is 12.4. The molecule has 1 atom stereocenters. The molecule has 0 aliphatic carbocycles. The molecule has 1 unspecified atom stereocenters. The van der Waals surface area contributed by atoms with Crippen molar-refractivity contribution in [3.05, 3.63) is 0 Å². The standard InChI is InChI=1S/C11H22N2/c1-5-6-7-9-12-11(2)8-10-13(3)4/h11-12H,7-10H2,1-4H3. The Morgan fingerprint density at radius 3 is 2.62 bits per heavy atom. The third-order valence-corrected chi connectivity index (χ3v) is 1.93. The van der Waals surface area contributed by atoms with Gasteiger partial charge in [-0.1, -0.05) is 0 Å². The molecule has 0 aliphatic heterocycles. The molecule has 0 aromatic rings. The molecule has 2 nitrogen and oxygen atoms in total. The van der Waals surface area contributed by atoms with Gasteiger partial charge in [0.2, 0.25) is 0 Å². The van der Waals surface area contributed by atoms with E-state index in [1.165, 1.54) is 6.42 Å². The van der Waals surface area contributed by atoms with Gasteiger partial charge in [-0.05, 0) is 40.9 Å². The molecule has 0 bridgehead atoms. The number of hydrogen-bond acceptors (Lipinski definition) is 2. The number of hydrogen-bond donors (Lipinski definition) is 1. The van der Waals surface area contributed by atoms with Crippen LogP contribution in [0.15, 0.2) is 0 Å². The second kappa shape index (κ2) is 8.10. The molecule has 0 spiro atoms. The first kappa shape index (κ1) is 12.5. The third-order valence-electron chi connectivity index (χ3n) is 1.93. The predicted octanol–water partition coefficient (Wildman–Crippen LogP) is 1.33. The summed E-state index contributed by atoms with van der Waals surface area (Å²) in [5.74, 6) is 5.94. The predicted molar refractivity (Wildman–Crippen MR) is 58.7 cm³/mol. The Labute approximate surface area is 82.7 Å². The highest BCUT2D eigenvalue weighted by Crippen LogP contribution is 1.91. The molecule has 0 heterocycles. The van der Waals surface area contributed by atoms with E-state index in [4.69, 9.17) is 0 Å². The maximum Gasteiger partial charge on any atom is 0.0214 e. The highest BCUT2D eigenvalue weighted by Gasteiger charge is 2.00. The van der Waals surface area contributed by atoms with Crippen molar-refractivity contribution in [3.8, 4) is 11.8 Å². The average Bonchev–Trinajstić information content (AvgIpc) is 2.09. The number of nitrogens with one attached hydrogen (secondary N) is 1. The Balaban J connectivity index is 3.28. The van der Waals surface area contributed by atoms with Crippen LogP contribution >= 0.6 is 0 Å². The lowest BCUT2D eigenvalue weighted by Gasteiger charge is -2.15. The minimum absolute atomic E-state index is 0.598. The second-order valence-corrected chi connectivity index (χ2v) is 3.62. The van der Waals surface area contributed by atoms with Gasteiger partial charge < -0.3 is 10.2 Å². The Morgan fingerprint density at radius 1 is 1.38 bits per heavy atom. The van der Waals surface area contributed by atoms with Crippen molar-refractivity contribution in [2.24, 2.45) is 0 Å². The summed E-state index contributed by atoms with van der Waals surface area (Å²) in [5, 5.41) is 3.44. The van der Waals surface area contributed by atoms with Gasteiger partial charge in [-0.3, -0.25) is 0 Å². The van der Waals surface area contributed by atoms with Gasteiger partial charge in [-0.25, -0.2) is 0 Å². The molecule has 0 aromatic carbocycles. The number of nitrogens with zero attached hydrogens (tertiary/aromatic N) is 1. The molecular formula is C11H22N2. The second-order valence-electron chi connectivity index (χ2n) is 3.62. The Bertz CT molecular complexity index is 165. The molecule has 0 radical (unpaired) electrons. The van der Waals surface area contributed by atoms with Crippen molar-refractivity contribution >= 4 is 0 Å². The monoisotopic (exact) mass is 182 g/mol. The Morgan fingerprint density at radius 2 is 2.08 bits per heavy atom. The molecule has 0 amide bonds. The molecule has 2 heteroatoms. The van der Waals surface area contributed by atoms with Crippen LogP contribution in [0.2, 0.25) is 0 Å². The summed E-state index contributed by atoms with van der Waals surface area (Å²) in [7, 11) is 4.21. The summed E-state index contributed by atoms with van der Waals surface area (Å²) in [4.78, 5) is 2.21. The molecular weight excluding hydrogens is 160 g/mol. The fourth-order valence-electron chi connectivity index (χ4n) is 1.06. The Kier molecular flexibility index (Phi) is 7.77. The van der Waals surface area contributed by atoms with E-state index < -0.39 is 0 Å².